The second-order valence-corrected chi connectivity index (χ2v) is 8.39. The molecular weight excluding hydrogens is 340 g/mol. The van der Waals surface area contributed by atoms with Gasteiger partial charge in [-0.15, -0.1) is 11.3 Å². The minimum Gasteiger partial charge on any atom is -0.462 e. The van der Waals surface area contributed by atoms with E-state index in [4.69, 9.17) is 4.74 Å². The van der Waals surface area contributed by atoms with Crippen LogP contribution >= 0.6 is 11.3 Å². The van der Waals surface area contributed by atoms with E-state index >= 15 is 0 Å². The first kappa shape index (κ1) is 23.0. The molecule has 0 aliphatic rings. The van der Waals surface area contributed by atoms with Crippen molar-refractivity contribution in [2.45, 2.75) is 91.4 Å². The molecule has 0 radical (unpaired) electrons. The van der Waals surface area contributed by atoms with Crippen LogP contribution in [0.15, 0.2) is 24.3 Å². The van der Waals surface area contributed by atoms with E-state index in [9.17, 15) is 4.79 Å². The van der Waals surface area contributed by atoms with E-state index in [-0.39, 0.29) is 5.97 Å². The first-order chi connectivity index (χ1) is 12.6. The van der Waals surface area contributed by atoms with Crippen molar-refractivity contribution in [2.75, 3.05) is 6.61 Å². The van der Waals surface area contributed by atoms with Crippen LogP contribution in [0.25, 0.3) is 0 Å². The predicted octanol–water partition coefficient (Wildman–Crippen LogP) is 7.58. The van der Waals surface area contributed by atoms with Crippen LogP contribution in [0.5, 0.6) is 0 Å². The molecule has 0 spiro atoms. The van der Waals surface area contributed by atoms with Gasteiger partial charge >= 0.3 is 5.97 Å². The average Bonchev–Trinajstić information content (AvgIpc) is 3.09. The molecule has 0 unspecified atom stereocenters. The number of hydrogen-bond acceptors (Lipinski definition) is 3. The number of hydrogen-bond donors (Lipinski definition) is 0. The van der Waals surface area contributed by atoms with Gasteiger partial charge in [0, 0.05) is 11.3 Å². The summed E-state index contributed by atoms with van der Waals surface area (Å²) in [5, 5.41) is 0. The molecule has 2 nitrogen and oxygen atoms in total. The maximum Gasteiger partial charge on any atom is 0.348 e. The molecule has 0 fully saturated rings. The molecule has 26 heavy (non-hydrogen) atoms. The summed E-state index contributed by atoms with van der Waals surface area (Å²) >= 11 is 1.56. The summed E-state index contributed by atoms with van der Waals surface area (Å²) in [6.45, 7) is 11.2. The Labute approximate surface area is 165 Å². The number of carbonyl (C=O) groups is 1. The third kappa shape index (κ3) is 9.02. The maximum absolute atomic E-state index is 11.8. The third-order valence-electron chi connectivity index (χ3n) is 4.93. The summed E-state index contributed by atoms with van der Waals surface area (Å²) in [6.07, 6.45) is 14.0. The number of carbonyl (C=O) groups excluding carboxylic acids is 1. The first-order valence-electron chi connectivity index (χ1n) is 10.6. The van der Waals surface area contributed by atoms with E-state index in [0.717, 1.165) is 6.42 Å². The van der Waals surface area contributed by atoms with Gasteiger partial charge in [0.05, 0.1) is 6.61 Å². The van der Waals surface area contributed by atoms with Gasteiger partial charge in [-0.05, 0) is 37.8 Å². The lowest BCUT2D eigenvalue weighted by atomic mass is 9.87. The zero-order valence-corrected chi connectivity index (χ0v) is 18.0. The Morgan fingerprint density at radius 3 is 2.15 bits per heavy atom. The Balaban J connectivity index is 2.57. The first-order valence-corrected chi connectivity index (χ1v) is 11.4. The highest BCUT2D eigenvalue weighted by Gasteiger charge is 2.15. The van der Waals surface area contributed by atoms with E-state index in [1.165, 1.54) is 74.7 Å². The van der Waals surface area contributed by atoms with Gasteiger partial charge < -0.3 is 4.74 Å². The quantitative estimate of drug-likeness (QED) is 0.179. The van der Waals surface area contributed by atoms with Crippen LogP contribution in [0.4, 0.5) is 0 Å². The molecule has 0 aromatic carbocycles. The summed E-state index contributed by atoms with van der Waals surface area (Å²) in [6, 6.07) is 3.95. The third-order valence-corrected chi connectivity index (χ3v) is 5.99. The minimum absolute atomic E-state index is 0.204. The average molecular weight is 379 g/mol. The molecule has 1 rings (SSSR count). The number of allylic oxidation sites excluding steroid dienone is 1. The summed E-state index contributed by atoms with van der Waals surface area (Å²) in [5.41, 5.74) is 1.34. The standard InChI is InChI=1S/C23H38O2S/c1-5-8-10-12-14-20(15-13-11-9-6-2)19(4)18-21-16-17-22(26-21)23(24)25-7-3/h16-17,20H,4-15,18H2,1-3H3. The highest BCUT2D eigenvalue weighted by Crippen LogP contribution is 2.29. The van der Waals surface area contributed by atoms with Crippen molar-refractivity contribution >= 4 is 17.3 Å². The lowest BCUT2D eigenvalue weighted by Gasteiger charge is -2.19. The van der Waals surface area contributed by atoms with E-state index in [1.807, 2.05) is 13.0 Å². The summed E-state index contributed by atoms with van der Waals surface area (Å²) in [4.78, 5) is 13.8. The molecule has 0 amide bonds. The summed E-state index contributed by atoms with van der Waals surface area (Å²) < 4.78 is 5.09. The molecule has 0 saturated heterocycles. The Morgan fingerprint density at radius 2 is 1.62 bits per heavy atom. The molecule has 0 bridgehead atoms. The smallest absolute Gasteiger partial charge is 0.348 e. The topological polar surface area (TPSA) is 26.3 Å². The predicted molar refractivity (Wildman–Crippen MR) is 114 cm³/mol. The summed E-state index contributed by atoms with van der Waals surface area (Å²) in [7, 11) is 0. The van der Waals surface area contributed by atoms with Gasteiger partial charge in [-0.25, -0.2) is 4.79 Å². The lowest BCUT2D eigenvalue weighted by Crippen LogP contribution is -2.06. The normalized spacial score (nSPS) is 11.1. The zero-order chi connectivity index (χ0) is 19.2. The molecular formula is C23H38O2S. The molecule has 148 valence electrons. The van der Waals surface area contributed by atoms with Gasteiger partial charge in [0.25, 0.3) is 0 Å². The SMILES string of the molecule is C=C(Cc1ccc(C(=O)OCC)s1)C(CCCCCC)CCCCCC. The van der Waals surface area contributed by atoms with Crippen LogP contribution < -0.4 is 0 Å². The number of unbranched alkanes of at least 4 members (excludes halogenated alkanes) is 6. The van der Waals surface area contributed by atoms with Crippen LogP contribution in [-0.2, 0) is 11.2 Å². The molecule has 0 saturated carbocycles. The van der Waals surface area contributed by atoms with E-state index in [1.54, 1.807) is 11.3 Å². The van der Waals surface area contributed by atoms with Gasteiger partial charge in [-0.1, -0.05) is 77.4 Å². The molecule has 1 heterocycles. The van der Waals surface area contributed by atoms with Crippen LogP contribution in [-0.4, -0.2) is 12.6 Å². The minimum atomic E-state index is -0.204. The van der Waals surface area contributed by atoms with Crippen molar-refractivity contribution in [1.82, 2.24) is 0 Å². The molecule has 3 heteroatoms. The monoisotopic (exact) mass is 378 g/mol. The van der Waals surface area contributed by atoms with Crippen molar-refractivity contribution in [3.05, 3.63) is 34.0 Å². The van der Waals surface area contributed by atoms with Crippen LogP contribution in [0.2, 0.25) is 0 Å². The van der Waals surface area contributed by atoms with Crippen molar-refractivity contribution in [1.29, 1.82) is 0 Å². The molecule has 0 aliphatic carbocycles. The summed E-state index contributed by atoms with van der Waals surface area (Å²) in [5.74, 6) is 0.418. The Bertz CT molecular complexity index is 506. The Morgan fingerprint density at radius 1 is 1.00 bits per heavy atom. The Kier molecular flexibility index (Phi) is 12.4. The van der Waals surface area contributed by atoms with Crippen molar-refractivity contribution in [3.8, 4) is 0 Å². The van der Waals surface area contributed by atoms with E-state index in [0.29, 0.717) is 17.4 Å². The highest BCUT2D eigenvalue weighted by atomic mass is 32.1. The number of esters is 1. The van der Waals surface area contributed by atoms with Gasteiger partial charge in [-0.2, -0.15) is 0 Å². The zero-order valence-electron chi connectivity index (χ0n) is 17.1. The number of rotatable bonds is 15. The van der Waals surface area contributed by atoms with Crippen molar-refractivity contribution in [3.63, 3.8) is 0 Å². The second-order valence-electron chi connectivity index (χ2n) is 7.22. The molecule has 0 N–H and O–H groups in total. The van der Waals surface area contributed by atoms with Crippen LogP contribution in [0.1, 0.15) is 99.5 Å². The van der Waals surface area contributed by atoms with E-state index in [2.05, 4.69) is 26.5 Å². The molecule has 1 aromatic heterocycles. The Hall–Kier alpha value is -1.09. The highest BCUT2D eigenvalue weighted by molar-refractivity contribution is 7.13. The number of ether oxygens (including phenoxy) is 1. The van der Waals surface area contributed by atoms with Crippen molar-refractivity contribution in [2.24, 2.45) is 5.92 Å². The van der Waals surface area contributed by atoms with Crippen LogP contribution in [0.3, 0.4) is 0 Å². The van der Waals surface area contributed by atoms with E-state index < -0.39 is 0 Å². The number of thiophene rings is 1. The van der Waals surface area contributed by atoms with Crippen LogP contribution in [0, 0.1) is 5.92 Å². The molecule has 1 aromatic rings. The van der Waals surface area contributed by atoms with Crippen molar-refractivity contribution < 1.29 is 9.53 Å². The van der Waals surface area contributed by atoms with Gasteiger partial charge in [0.1, 0.15) is 4.88 Å². The van der Waals surface area contributed by atoms with Gasteiger partial charge in [0.15, 0.2) is 0 Å². The lowest BCUT2D eigenvalue weighted by molar-refractivity contribution is 0.0532. The fourth-order valence-electron chi connectivity index (χ4n) is 3.34. The maximum atomic E-state index is 11.8. The van der Waals surface area contributed by atoms with Gasteiger partial charge in [-0.3, -0.25) is 0 Å². The fraction of sp³-hybridized carbons (Fsp3) is 0.696. The largest absolute Gasteiger partial charge is 0.462 e. The van der Waals surface area contributed by atoms with Gasteiger partial charge in [0.2, 0.25) is 0 Å². The fourth-order valence-corrected chi connectivity index (χ4v) is 4.30. The molecule has 0 aliphatic heterocycles. The molecule has 0 atom stereocenters. The second kappa shape index (κ2) is 14.0.